The number of rotatable bonds is 18. The number of amides is 4. The zero-order chi connectivity index (χ0) is 34.9. The maximum atomic E-state index is 13.7. The minimum absolute atomic E-state index is 0.0341. The molecule has 4 amide bonds. The molecule has 1 unspecified atom stereocenters. The van der Waals surface area contributed by atoms with Gasteiger partial charge in [-0.2, -0.15) is 0 Å². The number of hydrogen-bond acceptors (Lipinski definition) is 10. The minimum atomic E-state index is -1.28. The lowest BCUT2D eigenvalue weighted by atomic mass is 10.0. The molecule has 0 heterocycles. The van der Waals surface area contributed by atoms with Gasteiger partial charge in [-0.25, -0.2) is 0 Å². The monoisotopic (exact) mass is 651 g/mol. The van der Waals surface area contributed by atoms with Gasteiger partial charge in [-0.15, -0.1) is 0 Å². The number of phenols is 1. The Bertz CT molecular complexity index is 1420. The summed E-state index contributed by atoms with van der Waals surface area (Å²) in [5.41, 5.74) is 19.9. The normalized spacial score (nSPS) is 13.7. The van der Waals surface area contributed by atoms with Crippen LogP contribution >= 0.6 is 0 Å². The lowest BCUT2D eigenvalue weighted by molar-refractivity contribution is -0.137. The van der Waals surface area contributed by atoms with Gasteiger partial charge >= 0.3 is 5.97 Å². The summed E-state index contributed by atoms with van der Waals surface area (Å²) in [4.78, 5) is 64.0. The van der Waals surface area contributed by atoms with Crippen LogP contribution in [0.3, 0.4) is 0 Å². The van der Waals surface area contributed by atoms with Gasteiger partial charge in [-0.3, -0.25) is 29.3 Å². The zero-order valence-corrected chi connectivity index (χ0v) is 26.6. The summed E-state index contributed by atoms with van der Waals surface area (Å²) in [6.45, 7) is 3.55. The third-order valence-electron chi connectivity index (χ3n) is 6.83. The largest absolute Gasteiger partial charge is 0.508 e. The molecule has 0 aliphatic carbocycles. The molecule has 0 aromatic heterocycles. The maximum absolute atomic E-state index is 13.7. The first-order chi connectivity index (χ1) is 22.3. The summed E-state index contributed by atoms with van der Waals surface area (Å²) in [6, 6.07) is 10.7. The molecule has 2 aromatic rings. The predicted molar refractivity (Wildman–Crippen MR) is 176 cm³/mol. The van der Waals surface area contributed by atoms with Crippen LogP contribution in [0.2, 0.25) is 0 Å². The highest BCUT2D eigenvalue weighted by Crippen LogP contribution is 2.12. The molecule has 4 atom stereocenters. The third-order valence-corrected chi connectivity index (χ3v) is 6.83. The van der Waals surface area contributed by atoms with Crippen LogP contribution in [-0.2, 0) is 36.8 Å². The molecule has 0 fully saturated rings. The molecule has 12 N–H and O–H groups in total. The number of aromatic hydroxyl groups is 1. The molecular weight excluding hydrogens is 606 g/mol. The van der Waals surface area contributed by atoms with Crippen molar-refractivity contribution in [3.05, 3.63) is 89.3 Å². The van der Waals surface area contributed by atoms with Crippen LogP contribution in [0, 0.1) is 0 Å². The number of hydrogen-bond donors (Lipinski definition) is 9. The average molecular weight is 652 g/mol. The molecule has 0 saturated heterocycles. The highest BCUT2D eigenvalue weighted by Gasteiger charge is 2.30. The van der Waals surface area contributed by atoms with Gasteiger partial charge in [-0.1, -0.05) is 54.1 Å². The Hall–Kier alpha value is -5.21. The summed E-state index contributed by atoms with van der Waals surface area (Å²) < 4.78 is 0. The van der Waals surface area contributed by atoms with Gasteiger partial charge in [0.15, 0.2) is 0 Å². The predicted octanol–water partition coefficient (Wildman–Crippen LogP) is 0.0552. The van der Waals surface area contributed by atoms with E-state index < -0.39 is 53.8 Å². The highest BCUT2D eigenvalue weighted by molar-refractivity contribution is 6.02. The Morgan fingerprint density at radius 2 is 1.47 bits per heavy atom. The van der Waals surface area contributed by atoms with E-state index in [9.17, 15) is 34.2 Å². The molecule has 2 rings (SSSR count). The number of carboxylic acids is 1. The number of benzene rings is 2. The van der Waals surface area contributed by atoms with E-state index in [2.05, 4.69) is 21.3 Å². The second-order valence-electron chi connectivity index (χ2n) is 11.2. The van der Waals surface area contributed by atoms with Gasteiger partial charge in [0.05, 0.1) is 6.04 Å². The highest BCUT2D eigenvalue weighted by atomic mass is 16.4. The van der Waals surface area contributed by atoms with Crippen LogP contribution in [-0.4, -0.2) is 70.5 Å². The first-order valence-electron chi connectivity index (χ1n) is 15.1. The van der Waals surface area contributed by atoms with E-state index in [0.29, 0.717) is 16.8 Å². The van der Waals surface area contributed by atoms with Crippen LogP contribution < -0.4 is 38.5 Å². The van der Waals surface area contributed by atoms with Crippen LogP contribution in [0.25, 0.3) is 0 Å². The topological polar surface area (TPSA) is 252 Å². The fraction of sp³-hybridized carbons (Fsp3) is 0.364. The van der Waals surface area contributed by atoms with E-state index in [-0.39, 0.29) is 44.4 Å². The quantitative estimate of drug-likeness (QED) is 0.0974. The lowest BCUT2D eigenvalue weighted by Gasteiger charge is -2.25. The summed E-state index contributed by atoms with van der Waals surface area (Å²) in [7, 11) is 0. The van der Waals surface area contributed by atoms with Crippen molar-refractivity contribution in [1.82, 2.24) is 21.3 Å². The summed E-state index contributed by atoms with van der Waals surface area (Å²) >= 11 is 0. The standard InChI is InChI=1S/C33H45N7O7/c1-20(2)16-27(33(47)40-30(44)25(36)14-15-34)38-32(46)28(18-21-6-4-3-5-7-21)39-31(45)26(12-13-29(42)43)37-19-23(35)17-22-8-10-24(41)11-9-22/h3-11,16,19,25-28,37,41H,12-15,17-18,34-36H2,1-2H3,(H,38,46)(H,39,45)(H,42,43)(H,40,44,47)/b23-19+/t25?,26-,27+,28+/m1/s1. The van der Waals surface area contributed by atoms with Crippen molar-refractivity contribution in [1.29, 1.82) is 0 Å². The maximum Gasteiger partial charge on any atom is 0.303 e. The van der Waals surface area contributed by atoms with Gasteiger partial charge in [0.25, 0.3) is 5.91 Å². The SMILES string of the molecule is CC(C)=C[C@H](NC(=O)[C@H](Cc1ccccc1)NC(=O)[C@@H](CCC(=O)O)N/C=C(/N)Cc1ccc(O)cc1)C(=O)NC(=O)C(N)CCN. The number of nitrogens with two attached hydrogens (primary N) is 3. The van der Waals surface area contributed by atoms with Gasteiger partial charge in [0.1, 0.15) is 23.9 Å². The van der Waals surface area contributed by atoms with Crippen molar-refractivity contribution in [2.45, 2.75) is 70.1 Å². The van der Waals surface area contributed by atoms with E-state index in [1.165, 1.54) is 24.4 Å². The van der Waals surface area contributed by atoms with E-state index >= 15 is 0 Å². The first kappa shape index (κ1) is 38.0. The van der Waals surface area contributed by atoms with Crippen molar-refractivity contribution in [2.24, 2.45) is 17.2 Å². The number of phenolic OH excluding ortho intramolecular Hbond substituents is 1. The smallest absolute Gasteiger partial charge is 0.303 e. The van der Waals surface area contributed by atoms with Gasteiger partial charge < -0.3 is 43.4 Å². The molecule has 14 nitrogen and oxygen atoms in total. The van der Waals surface area contributed by atoms with Crippen molar-refractivity contribution >= 4 is 29.6 Å². The number of aliphatic carboxylic acids is 1. The number of allylic oxidation sites excluding steroid dienone is 2. The Labute approximate surface area is 273 Å². The van der Waals surface area contributed by atoms with Gasteiger partial charge in [-0.05, 0) is 56.5 Å². The van der Waals surface area contributed by atoms with Gasteiger partial charge in [0, 0.05) is 31.2 Å². The summed E-state index contributed by atoms with van der Waals surface area (Å²) in [6.07, 6.45) is 2.84. The van der Waals surface area contributed by atoms with Crippen molar-refractivity contribution < 1.29 is 34.2 Å². The number of carboxylic acid groups (broad SMARTS) is 1. The Morgan fingerprint density at radius 1 is 0.830 bits per heavy atom. The van der Waals surface area contributed by atoms with E-state index in [4.69, 9.17) is 17.2 Å². The second-order valence-corrected chi connectivity index (χ2v) is 11.2. The fourth-order valence-electron chi connectivity index (χ4n) is 4.37. The summed E-state index contributed by atoms with van der Waals surface area (Å²) in [5, 5.41) is 29.1. The fourth-order valence-corrected chi connectivity index (χ4v) is 4.37. The number of carbonyl (C=O) groups excluding carboxylic acids is 4. The van der Waals surface area contributed by atoms with E-state index in [0.717, 1.165) is 5.56 Å². The molecule has 0 spiro atoms. The van der Waals surface area contributed by atoms with Crippen molar-refractivity contribution in [3.63, 3.8) is 0 Å². The van der Waals surface area contributed by atoms with Crippen molar-refractivity contribution in [2.75, 3.05) is 6.54 Å². The molecule has 2 aromatic carbocycles. The molecule has 0 radical (unpaired) electrons. The Morgan fingerprint density at radius 3 is 2.06 bits per heavy atom. The number of nitrogens with one attached hydrogen (secondary N) is 4. The minimum Gasteiger partial charge on any atom is -0.508 e. The average Bonchev–Trinajstić information content (AvgIpc) is 3.01. The molecule has 0 aliphatic rings. The van der Waals surface area contributed by atoms with Crippen LogP contribution in [0.1, 0.15) is 44.2 Å². The molecule has 0 bridgehead atoms. The Balaban J connectivity index is 2.29. The van der Waals surface area contributed by atoms with Gasteiger partial charge in [0.2, 0.25) is 17.7 Å². The number of imide groups is 1. The number of carbonyl (C=O) groups is 5. The van der Waals surface area contributed by atoms with Crippen LogP contribution in [0.5, 0.6) is 5.75 Å². The Kier molecular flexibility index (Phi) is 15.6. The molecule has 47 heavy (non-hydrogen) atoms. The van der Waals surface area contributed by atoms with Crippen LogP contribution in [0.4, 0.5) is 0 Å². The first-order valence-corrected chi connectivity index (χ1v) is 15.1. The molecular formula is C33H45N7O7. The van der Waals surface area contributed by atoms with Crippen LogP contribution in [0.15, 0.2) is 78.1 Å². The lowest BCUT2D eigenvalue weighted by Crippen LogP contribution is -2.57. The zero-order valence-electron chi connectivity index (χ0n) is 26.6. The van der Waals surface area contributed by atoms with E-state index in [1.807, 2.05) is 0 Å². The molecule has 0 aliphatic heterocycles. The second kappa shape index (κ2) is 19.3. The molecule has 254 valence electrons. The van der Waals surface area contributed by atoms with Crippen molar-refractivity contribution in [3.8, 4) is 5.75 Å². The van der Waals surface area contributed by atoms with E-state index in [1.54, 1.807) is 56.3 Å². The molecule has 14 heteroatoms. The molecule has 0 saturated carbocycles. The summed E-state index contributed by atoms with van der Waals surface area (Å²) in [5.74, 6) is -4.00. The third kappa shape index (κ3) is 14.2.